The Morgan fingerprint density at radius 2 is 1.93 bits per heavy atom. The Bertz CT molecular complexity index is 819. The van der Waals surface area contributed by atoms with E-state index in [4.69, 9.17) is 5.10 Å². The van der Waals surface area contributed by atoms with Crippen molar-refractivity contribution in [1.82, 2.24) is 29.2 Å². The third-order valence-electron chi connectivity index (χ3n) is 5.07. The van der Waals surface area contributed by atoms with Crippen molar-refractivity contribution in [3.63, 3.8) is 0 Å². The summed E-state index contributed by atoms with van der Waals surface area (Å²) in [6.07, 6.45) is 2.08. The predicted molar refractivity (Wildman–Crippen MR) is 106 cm³/mol. The zero-order valence-electron chi connectivity index (χ0n) is 17.1. The number of piperidine rings is 1. The number of rotatable bonds is 6. The van der Waals surface area contributed by atoms with Gasteiger partial charge >= 0.3 is 5.69 Å². The van der Waals surface area contributed by atoms with Gasteiger partial charge in [0.25, 0.3) is 0 Å². The summed E-state index contributed by atoms with van der Waals surface area (Å²) < 4.78 is 3.44. The Kier molecular flexibility index (Phi) is 5.94. The molecular weight excluding hydrogens is 342 g/mol. The number of aryl methyl sites for hydroxylation is 2. The van der Waals surface area contributed by atoms with E-state index in [0.29, 0.717) is 13.1 Å². The molecule has 8 nitrogen and oxygen atoms in total. The molecule has 148 valence electrons. The van der Waals surface area contributed by atoms with Gasteiger partial charge in [-0.1, -0.05) is 0 Å². The first kappa shape index (κ1) is 19.5. The van der Waals surface area contributed by atoms with Gasteiger partial charge in [-0.15, -0.1) is 0 Å². The Morgan fingerprint density at radius 1 is 1.22 bits per heavy atom. The van der Waals surface area contributed by atoms with E-state index in [1.165, 1.54) is 0 Å². The smallest absolute Gasteiger partial charge is 0.340 e. The lowest BCUT2D eigenvalue weighted by molar-refractivity contribution is 0.367. The summed E-state index contributed by atoms with van der Waals surface area (Å²) in [6.45, 7) is 9.81. The minimum Gasteiger partial charge on any atom is -0.340 e. The fourth-order valence-electron chi connectivity index (χ4n) is 3.72. The molecule has 27 heavy (non-hydrogen) atoms. The standard InChI is InChI=1S/C19H31N7O/c1-6-25-17(22-26(19(25)27)11-10-23(4)5)16-8-7-9-24(13-16)18-20-14(2)12-15(3)21-18/h12,16H,6-11,13H2,1-5H3/t16-/m1/s1. The monoisotopic (exact) mass is 373 g/mol. The van der Waals surface area contributed by atoms with Crippen molar-refractivity contribution < 1.29 is 0 Å². The molecule has 3 heterocycles. The molecule has 1 atom stereocenters. The fraction of sp³-hybridized carbons (Fsp3) is 0.684. The number of likely N-dealkylation sites (N-methyl/N-ethyl adjacent to an activating group) is 1. The summed E-state index contributed by atoms with van der Waals surface area (Å²) >= 11 is 0. The number of aromatic nitrogens is 5. The lowest BCUT2D eigenvalue weighted by Gasteiger charge is -2.32. The van der Waals surface area contributed by atoms with Crippen LogP contribution in [0.15, 0.2) is 10.9 Å². The SMILES string of the molecule is CCn1c([C@@H]2CCCN(c3nc(C)cc(C)n3)C2)nn(CCN(C)C)c1=O. The molecule has 0 saturated carbocycles. The molecule has 3 rings (SSSR count). The lowest BCUT2D eigenvalue weighted by atomic mass is 9.97. The van der Waals surface area contributed by atoms with Crippen LogP contribution in [-0.2, 0) is 13.1 Å². The van der Waals surface area contributed by atoms with E-state index >= 15 is 0 Å². The predicted octanol–water partition coefficient (Wildman–Crippen LogP) is 1.42. The Labute approximate surface area is 160 Å². The molecule has 0 N–H and O–H groups in total. The highest BCUT2D eigenvalue weighted by Crippen LogP contribution is 2.27. The number of hydrogen-bond acceptors (Lipinski definition) is 6. The van der Waals surface area contributed by atoms with Crippen molar-refractivity contribution in [3.8, 4) is 0 Å². The van der Waals surface area contributed by atoms with Gasteiger partial charge < -0.3 is 9.80 Å². The van der Waals surface area contributed by atoms with E-state index in [0.717, 1.165) is 55.6 Å². The Hall–Kier alpha value is -2.22. The summed E-state index contributed by atoms with van der Waals surface area (Å²) in [5.74, 6) is 1.90. The summed E-state index contributed by atoms with van der Waals surface area (Å²) in [4.78, 5) is 26.3. The minimum absolute atomic E-state index is 0.00544. The van der Waals surface area contributed by atoms with E-state index in [1.807, 2.05) is 45.5 Å². The van der Waals surface area contributed by atoms with Crippen LogP contribution in [0.3, 0.4) is 0 Å². The van der Waals surface area contributed by atoms with Gasteiger partial charge in [-0.3, -0.25) is 4.57 Å². The molecule has 2 aromatic rings. The van der Waals surface area contributed by atoms with Crippen molar-refractivity contribution in [2.75, 3.05) is 38.6 Å². The zero-order chi connectivity index (χ0) is 19.6. The first-order chi connectivity index (χ1) is 12.9. The summed E-state index contributed by atoms with van der Waals surface area (Å²) in [7, 11) is 4.01. The van der Waals surface area contributed by atoms with Crippen LogP contribution >= 0.6 is 0 Å². The average molecular weight is 374 g/mol. The molecule has 0 bridgehead atoms. The number of hydrogen-bond donors (Lipinski definition) is 0. The first-order valence-corrected chi connectivity index (χ1v) is 9.78. The van der Waals surface area contributed by atoms with Gasteiger partial charge in [0, 0.05) is 43.5 Å². The Balaban J connectivity index is 1.85. The topological polar surface area (TPSA) is 72.1 Å². The maximum absolute atomic E-state index is 12.7. The largest absolute Gasteiger partial charge is 0.345 e. The maximum Gasteiger partial charge on any atom is 0.345 e. The van der Waals surface area contributed by atoms with Crippen molar-refractivity contribution in [1.29, 1.82) is 0 Å². The van der Waals surface area contributed by atoms with Crippen LogP contribution in [0.4, 0.5) is 5.95 Å². The third kappa shape index (κ3) is 4.37. The van der Waals surface area contributed by atoms with Gasteiger partial charge in [0.05, 0.1) is 6.54 Å². The van der Waals surface area contributed by atoms with Crippen LogP contribution in [-0.4, -0.2) is 62.9 Å². The molecule has 1 aliphatic rings. The number of anilines is 1. The second kappa shape index (κ2) is 8.21. The highest BCUT2D eigenvalue weighted by Gasteiger charge is 2.28. The van der Waals surface area contributed by atoms with Crippen LogP contribution < -0.4 is 10.6 Å². The van der Waals surface area contributed by atoms with Gasteiger partial charge in [0.1, 0.15) is 5.82 Å². The highest BCUT2D eigenvalue weighted by molar-refractivity contribution is 5.34. The van der Waals surface area contributed by atoms with Gasteiger partial charge in [-0.05, 0) is 53.8 Å². The molecule has 0 radical (unpaired) electrons. The highest BCUT2D eigenvalue weighted by atomic mass is 16.2. The molecule has 1 saturated heterocycles. The molecule has 0 unspecified atom stereocenters. The van der Waals surface area contributed by atoms with Crippen LogP contribution in [0.25, 0.3) is 0 Å². The third-order valence-corrected chi connectivity index (χ3v) is 5.07. The van der Waals surface area contributed by atoms with Gasteiger partial charge in [0.15, 0.2) is 0 Å². The van der Waals surface area contributed by atoms with E-state index in [-0.39, 0.29) is 11.6 Å². The van der Waals surface area contributed by atoms with E-state index in [2.05, 4.69) is 19.8 Å². The van der Waals surface area contributed by atoms with Crippen LogP contribution in [0.1, 0.15) is 42.9 Å². The van der Waals surface area contributed by atoms with E-state index in [9.17, 15) is 4.79 Å². The van der Waals surface area contributed by atoms with Crippen molar-refractivity contribution in [2.24, 2.45) is 0 Å². The molecule has 1 fully saturated rings. The fourth-order valence-corrected chi connectivity index (χ4v) is 3.72. The first-order valence-electron chi connectivity index (χ1n) is 9.78. The zero-order valence-corrected chi connectivity index (χ0v) is 17.1. The van der Waals surface area contributed by atoms with Crippen molar-refractivity contribution in [3.05, 3.63) is 33.8 Å². The molecule has 1 aliphatic heterocycles. The van der Waals surface area contributed by atoms with Crippen molar-refractivity contribution >= 4 is 5.95 Å². The van der Waals surface area contributed by atoms with E-state index < -0.39 is 0 Å². The average Bonchev–Trinajstić information content (AvgIpc) is 2.95. The van der Waals surface area contributed by atoms with Crippen LogP contribution in [0, 0.1) is 13.8 Å². The molecule has 0 spiro atoms. The van der Waals surface area contributed by atoms with E-state index in [1.54, 1.807) is 4.68 Å². The Morgan fingerprint density at radius 3 is 2.56 bits per heavy atom. The molecular formula is C19H31N7O. The number of nitrogens with zero attached hydrogens (tertiary/aromatic N) is 7. The lowest BCUT2D eigenvalue weighted by Crippen LogP contribution is -2.37. The summed E-state index contributed by atoms with van der Waals surface area (Å²) in [6, 6.07) is 1.99. The molecule has 0 aliphatic carbocycles. The quantitative estimate of drug-likeness (QED) is 0.763. The minimum atomic E-state index is -0.00544. The normalized spacial score (nSPS) is 17.7. The van der Waals surface area contributed by atoms with Crippen LogP contribution in [0.5, 0.6) is 0 Å². The second-order valence-corrected chi connectivity index (χ2v) is 7.65. The second-order valence-electron chi connectivity index (χ2n) is 7.65. The van der Waals surface area contributed by atoms with Gasteiger partial charge in [0.2, 0.25) is 5.95 Å². The molecule has 8 heteroatoms. The summed E-state index contributed by atoms with van der Waals surface area (Å²) in [5, 5.41) is 4.71. The van der Waals surface area contributed by atoms with Crippen molar-refractivity contribution in [2.45, 2.75) is 52.6 Å². The van der Waals surface area contributed by atoms with Gasteiger partial charge in [-0.2, -0.15) is 5.10 Å². The molecule has 0 amide bonds. The molecule has 2 aromatic heterocycles. The maximum atomic E-state index is 12.7. The summed E-state index contributed by atoms with van der Waals surface area (Å²) in [5.41, 5.74) is 1.96. The van der Waals surface area contributed by atoms with Crippen LogP contribution in [0.2, 0.25) is 0 Å². The molecule has 0 aromatic carbocycles. The van der Waals surface area contributed by atoms with Gasteiger partial charge in [-0.25, -0.2) is 19.4 Å².